The zero-order valence-corrected chi connectivity index (χ0v) is 13.1. The number of aromatic nitrogens is 2. The smallest absolute Gasteiger partial charge is 0.125 e. The monoisotopic (exact) mass is 307 g/mol. The number of hydrogen-bond acceptors (Lipinski definition) is 4. The van der Waals surface area contributed by atoms with E-state index in [-0.39, 0.29) is 1.43 Å². The summed E-state index contributed by atoms with van der Waals surface area (Å²) in [5.74, 6) is 0.793. The van der Waals surface area contributed by atoms with Crippen LogP contribution in [-0.4, -0.2) is 23.3 Å². The van der Waals surface area contributed by atoms with Gasteiger partial charge >= 0.3 is 0 Å². The number of nitrogens with one attached hydrogen (secondary N) is 1. The quantitative estimate of drug-likeness (QED) is 0.732. The standard InChI is InChI=1S/C18H17N3.CH2O.H2/c1-3-9-19-17-6-4-5-14(10-17)15-7-8-16-12-20-13(2)21-18(16)11-15;1-2;/h3-8,10-12,19H,1,9H2,2H3;1H2;1H. The number of fused-ring (bicyclic) bond motifs is 1. The minimum absolute atomic E-state index is 0. The molecule has 0 aliphatic carbocycles. The molecule has 0 saturated carbocycles. The number of hydrogen-bond donors (Lipinski definition) is 1. The molecule has 0 unspecified atom stereocenters. The minimum Gasteiger partial charge on any atom is -0.382 e. The summed E-state index contributed by atoms with van der Waals surface area (Å²) >= 11 is 0. The maximum atomic E-state index is 8.00. The van der Waals surface area contributed by atoms with Crippen molar-refractivity contribution in [1.82, 2.24) is 9.97 Å². The predicted octanol–water partition coefficient (Wildman–Crippen LogP) is 4.26. The average molecular weight is 307 g/mol. The average Bonchev–Trinajstić information content (AvgIpc) is 2.61. The molecular weight excluding hydrogens is 286 g/mol. The molecule has 2 aromatic carbocycles. The van der Waals surface area contributed by atoms with Crippen molar-refractivity contribution in [3.63, 3.8) is 0 Å². The maximum absolute atomic E-state index is 8.00. The van der Waals surface area contributed by atoms with E-state index in [2.05, 4.69) is 64.3 Å². The summed E-state index contributed by atoms with van der Waals surface area (Å²) in [6, 6.07) is 14.6. The molecule has 0 aliphatic rings. The summed E-state index contributed by atoms with van der Waals surface area (Å²) in [6.07, 6.45) is 3.71. The van der Waals surface area contributed by atoms with E-state index in [1.165, 1.54) is 5.56 Å². The summed E-state index contributed by atoms with van der Waals surface area (Å²) in [7, 11) is 0. The fraction of sp³-hybridized carbons (Fsp3) is 0.105. The SMILES string of the molecule is C=CCNc1cccc(-c2ccc3cnc(C)nc3c2)c1.C=O.[HH]. The molecule has 1 N–H and O–H groups in total. The summed E-state index contributed by atoms with van der Waals surface area (Å²) < 4.78 is 0. The number of carbonyl (C=O) groups excluding carboxylic acids is 1. The number of benzene rings is 2. The van der Waals surface area contributed by atoms with Gasteiger partial charge < -0.3 is 10.1 Å². The molecule has 1 aromatic heterocycles. The molecule has 118 valence electrons. The highest BCUT2D eigenvalue weighted by molar-refractivity contribution is 5.84. The Morgan fingerprint density at radius 2 is 1.96 bits per heavy atom. The predicted molar refractivity (Wildman–Crippen MR) is 97.6 cm³/mol. The van der Waals surface area contributed by atoms with Crippen molar-refractivity contribution in [2.45, 2.75) is 6.92 Å². The zero-order chi connectivity index (χ0) is 16.7. The maximum Gasteiger partial charge on any atom is 0.125 e. The van der Waals surface area contributed by atoms with Crippen LogP contribution in [0, 0.1) is 6.92 Å². The summed E-state index contributed by atoms with van der Waals surface area (Å²) in [5.41, 5.74) is 4.39. The van der Waals surface area contributed by atoms with Crippen molar-refractivity contribution in [3.05, 3.63) is 67.1 Å². The van der Waals surface area contributed by atoms with Crippen molar-refractivity contribution < 1.29 is 6.22 Å². The third-order valence-electron chi connectivity index (χ3n) is 3.35. The first-order valence-electron chi connectivity index (χ1n) is 7.24. The molecule has 0 bridgehead atoms. The van der Waals surface area contributed by atoms with Crippen LogP contribution in [0.15, 0.2) is 61.3 Å². The van der Waals surface area contributed by atoms with Gasteiger partial charge in [0, 0.05) is 25.2 Å². The fourth-order valence-corrected chi connectivity index (χ4v) is 2.29. The van der Waals surface area contributed by atoms with E-state index in [1.807, 2.05) is 26.0 Å². The second-order valence-electron chi connectivity index (χ2n) is 4.94. The number of anilines is 1. The Labute approximate surface area is 137 Å². The van der Waals surface area contributed by atoms with E-state index in [0.29, 0.717) is 0 Å². The molecule has 4 heteroatoms. The highest BCUT2D eigenvalue weighted by Gasteiger charge is 2.02. The van der Waals surface area contributed by atoms with E-state index >= 15 is 0 Å². The van der Waals surface area contributed by atoms with E-state index in [0.717, 1.165) is 34.5 Å². The highest BCUT2D eigenvalue weighted by Crippen LogP contribution is 2.25. The van der Waals surface area contributed by atoms with Crippen molar-refractivity contribution in [1.29, 1.82) is 0 Å². The van der Waals surface area contributed by atoms with Gasteiger partial charge in [-0.2, -0.15) is 0 Å². The van der Waals surface area contributed by atoms with Gasteiger partial charge in [0.25, 0.3) is 0 Å². The first-order valence-corrected chi connectivity index (χ1v) is 7.24. The van der Waals surface area contributed by atoms with Crippen molar-refractivity contribution in [2.75, 3.05) is 11.9 Å². The number of nitrogens with zero attached hydrogens (tertiary/aromatic N) is 2. The van der Waals surface area contributed by atoms with Gasteiger partial charge in [0.05, 0.1) is 5.52 Å². The lowest BCUT2D eigenvalue weighted by molar-refractivity contribution is -0.0979. The highest BCUT2D eigenvalue weighted by atomic mass is 16.1. The van der Waals surface area contributed by atoms with Crippen LogP contribution in [0.25, 0.3) is 22.0 Å². The molecule has 23 heavy (non-hydrogen) atoms. The van der Waals surface area contributed by atoms with E-state index in [9.17, 15) is 0 Å². The van der Waals surface area contributed by atoms with Crippen molar-refractivity contribution >= 4 is 23.4 Å². The number of rotatable bonds is 4. The molecule has 0 amide bonds. The van der Waals surface area contributed by atoms with Crippen LogP contribution in [0.1, 0.15) is 7.25 Å². The van der Waals surface area contributed by atoms with Crippen LogP contribution >= 0.6 is 0 Å². The van der Waals surface area contributed by atoms with Gasteiger partial charge in [0.2, 0.25) is 0 Å². The molecule has 3 rings (SSSR count). The Bertz CT molecular complexity index is 821. The fourth-order valence-electron chi connectivity index (χ4n) is 2.29. The molecule has 1 heterocycles. The second kappa shape index (κ2) is 7.84. The van der Waals surface area contributed by atoms with Crippen LogP contribution in [0.4, 0.5) is 5.69 Å². The van der Waals surface area contributed by atoms with Gasteiger partial charge in [0.1, 0.15) is 12.6 Å². The van der Waals surface area contributed by atoms with Crippen molar-refractivity contribution in [2.24, 2.45) is 0 Å². The Balaban J connectivity index is 0.000000925. The van der Waals surface area contributed by atoms with Crippen LogP contribution in [0.2, 0.25) is 0 Å². The third-order valence-corrected chi connectivity index (χ3v) is 3.35. The molecule has 0 atom stereocenters. The van der Waals surface area contributed by atoms with Gasteiger partial charge in [-0.25, -0.2) is 9.97 Å². The van der Waals surface area contributed by atoms with E-state index < -0.39 is 0 Å². The molecule has 3 aromatic rings. The molecule has 4 nitrogen and oxygen atoms in total. The Kier molecular flexibility index (Phi) is 5.58. The van der Waals surface area contributed by atoms with Crippen molar-refractivity contribution in [3.8, 4) is 11.1 Å². The second-order valence-corrected chi connectivity index (χ2v) is 4.94. The first kappa shape index (κ1) is 16.4. The Hall–Kier alpha value is -3.01. The van der Waals surface area contributed by atoms with Crippen LogP contribution in [0.3, 0.4) is 0 Å². The summed E-state index contributed by atoms with van der Waals surface area (Å²) in [6.45, 7) is 8.39. The van der Waals surface area contributed by atoms with E-state index in [1.54, 1.807) is 0 Å². The van der Waals surface area contributed by atoms with Gasteiger partial charge in [-0.05, 0) is 36.2 Å². The lowest BCUT2D eigenvalue weighted by Gasteiger charge is -2.08. The molecule has 0 radical (unpaired) electrons. The van der Waals surface area contributed by atoms with Gasteiger partial charge in [-0.3, -0.25) is 0 Å². The topological polar surface area (TPSA) is 54.9 Å². The zero-order valence-electron chi connectivity index (χ0n) is 13.1. The molecule has 0 spiro atoms. The van der Waals surface area contributed by atoms with Gasteiger partial charge in [-0.1, -0.05) is 30.3 Å². The summed E-state index contributed by atoms with van der Waals surface area (Å²) in [4.78, 5) is 16.7. The number of aryl methyl sites for hydroxylation is 1. The Morgan fingerprint density at radius 1 is 1.17 bits per heavy atom. The number of carbonyl (C=O) groups is 1. The third kappa shape index (κ3) is 4.01. The lowest BCUT2D eigenvalue weighted by Crippen LogP contribution is -1.97. The normalized spacial score (nSPS) is 9.78. The largest absolute Gasteiger partial charge is 0.382 e. The minimum atomic E-state index is 0. The summed E-state index contributed by atoms with van der Waals surface area (Å²) in [5, 5.41) is 4.37. The van der Waals surface area contributed by atoms with Crippen LogP contribution < -0.4 is 5.32 Å². The van der Waals surface area contributed by atoms with E-state index in [4.69, 9.17) is 4.79 Å². The molecule has 0 aliphatic heterocycles. The van der Waals surface area contributed by atoms with Gasteiger partial charge in [0.15, 0.2) is 0 Å². The lowest BCUT2D eigenvalue weighted by atomic mass is 10.0. The first-order chi connectivity index (χ1) is 11.3. The molecular formula is C19H21N3O. The van der Waals surface area contributed by atoms with Crippen LogP contribution in [-0.2, 0) is 4.79 Å². The van der Waals surface area contributed by atoms with Gasteiger partial charge in [-0.15, -0.1) is 6.58 Å². The molecule has 0 saturated heterocycles. The Morgan fingerprint density at radius 3 is 2.74 bits per heavy atom. The van der Waals surface area contributed by atoms with Crippen LogP contribution in [0.5, 0.6) is 0 Å². The molecule has 0 fully saturated rings.